The molecule has 4 aromatic rings. The number of rotatable bonds is 8. The summed E-state index contributed by atoms with van der Waals surface area (Å²) in [5, 5.41) is 20.0. The molecule has 0 bridgehead atoms. The second-order valence-electron chi connectivity index (χ2n) is 15.0. The summed E-state index contributed by atoms with van der Waals surface area (Å²) in [6.45, 7) is 10.2. The van der Waals surface area contributed by atoms with Crippen molar-refractivity contribution in [2.45, 2.75) is 96.7 Å². The van der Waals surface area contributed by atoms with Gasteiger partial charge in [0, 0.05) is 61.3 Å². The molecule has 8 rings (SSSR count). The topological polar surface area (TPSA) is 112 Å². The third-order valence-electron chi connectivity index (χ3n) is 11.1. The lowest BCUT2D eigenvalue weighted by Crippen LogP contribution is -2.43. The summed E-state index contributed by atoms with van der Waals surface area (Å²) in [7, 11) is 0. The number of aryl methyl sites for hydroxylation is 2. The number of nitrogens with zero attached hydrogens (tertiary/aromatic N) is 7. The van der Waals surface area contributed by atoms with Crippen molar-refractivity contribution < 1.29 is 23.4 Å². The summed E-state index contributed by atoms with van der Waals surface area (Å²) in [6.07, 6.45) is 3.35. The fourth-order valence-electron chi connectivity index (χ4n) is 8.78. The number of carbonyl (C=O) groups is 1. The highest BCUT2D eigenvalue weighted by atomic mass is 79.9. The normalized spacial score (nSPS) is 21.7. The predicted molar refractivity (Wildman–Crippen MR) is 198 cm³/mol. The number of ether oxygens (including phenoxy) is 1. The highest BCUT2D eigenvalue weighted by Gasteiger charge is 2.49. The maximum Gasteiger partial charge on any atom is 0.318 e. The van der Waals surface area contributed by atoms with E-state index in [1.54, 1.807) is 18.2 Å². The maximum absolute atomic E-state index is 15.1. The van der Waals surface area contributed by atoms with Crippen LogP contribution in [0.5, 0.6) is 11.8 Å². The minimum Gasteiger partial charge on any atom is -0.508 e. The second-order valence-corrected chi connectivity index (χ2v) is 15.8. The van der Waals surface area contributed by atoms with Crippen LogP contribution in [0, 0.1) is 5.82 Å². The lowest BCUT2D eigenvalue weighted by Gasteiger charge is -2.35. The van der Waals surface area contributed by atoms with Crippen molar-refractivity contribution in [3.05, 3.63) is 62.8 Å². The first kappa shape index (κ1) is 35.0. The van der Waals surface area contributed by atoms with Crippen LogP contribution in [0.3, 0.4) is 0 Å². The number of fused-ring (bicyclic) bond motifs is 4. The van der Waals surface area contributed by atoms with Crippen LogP contribution in [0.2, 0.25) is 0 Å². The fourth-order valence-corrected chi connectivity index (χ4v) is 9.37. The Morgan fingerprint density at radius 1 is 1.13 bits per heavy atom. The first-order chi connectivity index (χ1) is 25.0. The highest BCUT2D eigenvalue weighted by molar-refractivity contribution is 9.10. The van der Waals surface area contributed by atoms with Gasteiger partial charge < -0.3 is 25.0 Å². The molecular formula is C38H45BrF2N8O3. The van der Waals surface area contributed by atoms with Crippen molar-refractivity contribution in [2.24, 2.45) is 0 Å². The standard InChI is InChI=1S/C38H45BrF2N8O3/c1-4-26-28(41)8-7-23-15-25(50)16-30(32(23)26)46-14-9-27-29(19-46)43-37(52-21-38-10-5-12-48(38)18-24(40)17-38)44-35(27)47-11-6-13-49-31(20-47)33(39)34(45-49)36(51)42-22(2)3/h7-8,15-16,22,24,50H,4-6,9-14,17-21H2,1-3H3,(H,42,51)/t24-,38+/m1/s1. The molecule has 2 saturated heterocycles. The average molecular weight is 780 g/mol. The summed E-state index contributed by atoms with van der Waals surface area (Å²) >= 11 is 3.70. The maximum atomic E-state index is 15.1. The summed E-state index contributed by atoms with van der Waals surface area (Å²) in [4.78, 5) is 29.7. The van der Waals surface area contributed by atoms with E-state index in [-0.39, 0.29) is 35.1 Å². The zero-order valence-corrected chi connectivity index (χ0v) is 31.5. The van der Waals surface area contributed by atoms with Gasteiger partial charge in [-0.1, -0.05) is 13.0 Å². The van der Waals surface area contributed by atoms with Gasteiger partial charge in [0.25, 0.3) is 5.91 Å². The summed E-state index contributed by atoms with van der Waals surface area (Å²) < 4.78 is 38.8. The molecule has 2 atom stereocenters. The third-order valence-corrected chi connectivity index (χ3v) is 12.0. The van der Waals surface area contributed by atoms with E-state index in [0.717, 1.165) is 65.0 Å². The van der Waals surface area contributed by atoms with Crippen molar-refractivity contribution in [1.29, 1.82) is 0 Å². The van der Waals surface area contributed by atoms with Gasteiger partial charge in [-0.2, -0.15) is 15.1 Å². The van der Waals surface area contributed by atoms with Crippen LogP contribution < -0.4 is 19.9 Å². The number of phenols is 1. The second kappa shape index (κ2) is 13.7. The number of aromatic nitrogens is 4. The molecule has 4 aliphatic heterocycles. The highest BCUT2D eigenvalue weighted by Crippen LogP contribution is 2.42. The van der Waals surface area contributed by atoms with E-state index in [1.165, 1.54) is 6.07 Å². The number of alkyl halides is 1. The largest absolute Gasteiger partial charge is 0.508 e. The number of benzene rings is 2. The van der Waals surface area contributed by atoms with E-state index in [9.17, 15) is 14.3 Å². The first-order valence-corrected chi connectivity index (χ1v) is 19.2. The van der Waals surface area contributed by atoms with Crippen LogP contribution >= 0.6 is 15.9 Å². The lowest BCUT2D eigenvalue weighted by molar-refractivity contribution is 0.0936. The van der Waals surface area contributed by atoms with Gasteiger partial charge in [0.05, 0.1) is 34.5 Å². The molecule has 52 heavy (non-hydrogen) atoms. The number of nitrogens with one attached hydrogen (secondary N) is 1. The van der Waals surface area contributed by atoms with Gasteiger partial charge in [0.15, 0.2) is 5.69 Å². The van der Waals surface area contributed by atoms with Crippen molar-refractivity contribution in [3.63, 3.8) is 0 Å². The molecule has 2 aromatic heterocycles. The van der Waals surface area contributed by atoms with Gasteiger partial charge in [0.1, 0.15) is 30.2 Å². The zero-order valence-electron chi connectivity index (χ0n) is 29.9. The molecule has 11 nitrogen and oxygen atoms in total. The molecule has 4 aliphatic rings. The molecule has 2 N–H and O–H groups in total. The molecule has 0 aliphatic carbocycles. The van der Waals surface area contributed by atoms with Gasteiger partial charge in [-0.05, 0) is 91.5 Å². The number of carbonyl (C=O) groups excluding carboxylic acids is 1. The zero-order chi connectivity index (χ0) is 36.3. The molecule has 276 valence electrons. The molecule has 0 saturated carbocycles. The quantitative estimate of drug-likeness (QED) is 0.221. The SMILES string of the molecule is CCc1c(F)ccc2cc(O)cc(N3CCc4c(nc(OC[C@@]56CCCN5C[C@H](F)C6)nc4N4CCCn5nc(C(=O)NC(C)C)c(Br)c5C4)C3)c12. The van der Waals surface area contributed by atoms with Gasteiger partial charge in [0.2, 0.25) is 0 Å². The van der Waals surface area contributed by atoms with Gasteiger partial charge in [-0.25, -0.2) is 8.78 Å². The summed E-state index contributed by atoms with van der Waals surface area (Å²) in [5.74, 6) is 0.396. The van der Waals surface area contributed by atoms with Crippen LogP contribution in [0.4, 0.5) is 20.3 Å². The van der Waals surface area contributed by atoms with Gasteiger partial charge in [-0.15, -0.1) is 0 Å². The Hall–Kier alpha value is -4.04. The number of hydrogen-bond acceptors (Lipinski definition) is 9. The Kier molecular flexibility index (Phi) is 9.25. The van der Waals surface area contributed by atoms with Crippen LogP contribution in [0.1, 0.15) is 79.5 Å². The van der Waals surface area contributed by atoms with Crippen molar-refractivity contribution in [3.8, 4) is 11.8 Å². The molecule has 0 spiro atoms. The number of hydrogen-bond donors (Lipinski definition) is 2. The smallest absolute Gasteiger partial charge is 0.318 e. The van der Waals surface area contributed by atoms with Gasteiger partial charge >= 0.3 is 6.01 Å². The van der Waals surface area contributed by atoms with Crippen molar-refractivity contribution in [1.82, 2.24) is 30.0 Å². The van der Waals surface area contributed by atoms with E-state index >= 15 is 4.39 Å². The predicted octanol–water partition coefficient (Wildman–Crippen LogP) is 6.06. The Morgan fingerprint density at radius 3 is 2.79 bits per heavy atom. The Balaban J connectivity index is 1.17. The Bertz CT molecular complexity index is 2040. The van der Waals surface area contributed by atoms with E-state index in [1.807, 2.05) is 25.5 Å². The van der Waals surface area contributed by atoms with Crippen molar-refractivity contribution in [2.75, 3.05) is 42.6 Å². The molecule has 14 heteroatoms. The molecule has 1 amide bonds. The van der Waals surface area contributed by atoms with Crippen LogP contribution in [-0.2, 0) is 32.5 Å². The number of anilines is 2. The minimum atomic E-state index is -0.875. The van der Waals surface area contributed by atoms with Gasteiger partial charge in [-0.3, -0.25) is 14.4 Å². The van der Waals surface area contributed by atoms with Crippen LogP contribution in [0.15, 0.2) is 28.7 Å². The lowest BCUT2D eigenvalue weighted by atomic mass is 9.95. The van der Waals surface area contributed by atoms with E-state index < -0.39 is 6.17 Å². The van der Waals surface area contributed by atoms with Crippen LogP contribution in [-0.4, -0.2) is 86.2 Å². The molecular weight excluding hydrogens is 734 g/mol. The average Bonchev–Trinajstić information content (AvgIpc) is 3.68. The Labute approximate surface area is 310 Å². The first-order valence-electron chi connectivity index (χ1n) is 18.5. The summed E-state index contributed by atoms with van der Waals surface area (Å²) in [6, 6.07) is 6.79. The van der Waals surface area contributed by atoms with E-state index in [2.05, 4.69) is 41.0 Å². The van der Waals surface area contributed by atoms with E-state index in [0.29, 0.717) is 80.9 Å². The fraction of sp³-hybridized carbons (Fsp3) is 0.526. The van der Waals surface area contributed by atoms with Crippen molar-refractivity contribution >= 4 is 44.1 Å². The molecule has 2 fully saturated rings. The third kappa shape index (κ3) is 6.25. The minimum absolute atomic E-state index is 0.0239. The number of halogens is 3. The molecule has 0 unspecified atom stereocenters. The monoisotopic (exact) mass is 778 g/mol. The number of phenolic OH excluding ortho intramolecular Hbond substituents is 1. The number of amides is 1. The Morgan fingerprint density at radius 2 is 1.98 bits per heavy atom. The molecule has 0 radical (unpaired) electrons. The van der Waals surface area contributed by atoms with E-state index in [4.69, 9.17) is 14.7 Å². The molecule has 2 aromatic carbocycles. The molecule has 6 heterocycles. The summed E-state index contributed by atoms with van der Waals surface area (Å²) in [5.41, 5.74) is 4.05. The number of aromatic hydroxyl groups is 1. The van der Waals surface area contributed by atoms with Crippen LogP contribution in [0.25, 0.3) is 10.8 Å².